The third-order valence-electron chi connectivity index (χ3n) is 2.50. The molecule has 1 aliphatic carbocycles. The maximum absolute atomic E-state index is 11.7. The van der Waals surface area contributed by atoms with E-state index in [1.807, 2.05) is 0 Å². The quantitative estimate of drug-likeness (QED) is 0.809. The SMILES string of the molecule is CC(C)CNC(=O)c1cnc(NC2CC2)nc1. The molecule has 1 aromatic rings. The third-order valence-corrected chi connectivity index (χ3v) is 2.50. The van der Waals surface area contributed by atoms with Gasteiger partial charge in [0.05, 0.1) is 5.56 Å². The highest BCUT2D eigenvalue weighted by atomic mass is 16.1. The molecule has 2 N–H and O–H groups in total. The number of rotatable bonds is 5. The summed E-state index contributed by atoms with van der Waals surface area (Å²) in [5.41, 5.74) is 0.506. The summed E-state index contributed by atoms with van der Waals surface area (Å²) in [6.45, 7) is 4.78. The van der Waals surface area contributed by atoms with Crippen molar-refractivity contribution in [3.8, 4) is 0 Å². The minimum absolute atomic E-state index is 0.114. The van der Waals surface area contributed by atoms with Crippen molar-refractivity contribution in [3.05, 3.63) is 18.0 Å². The van der Waals surface area contributed by atoms with Gasteiger partial charge in [0.25, 0.3) is 5.91 Å². The molecule has 0 bridgehead atoms. The Morgan fingerprint density at radius 3 is 2.59 bits per heavy atom. The molecule has 0 saturated heterocycles. The molecule has 1 fully saturated rings. The summed E-state index contributed by atoms with van der Waals surface area (Å²) < 4.78 is 0. The molecule has 1 saturated carbocycles. The van der Waals surface area contributed by atoms with Crippen LogP contribution in [0.25, 0.3) is 0 Å². The number of nitrogens with zero attached hydrogens (tertiary/aromatic N) is 2. The Morgan fingerprint density at radius 2 is 2.06 bits per heavy atom. The standard InChI is InChI=1S/C12H18N4O/c1-8(2)5-13-11(17)9-6-14-12(15-7-9)16-10-3-4-10/h6-8,10H,3-5H2,1-2H3,(H,13,17)(H,14,15,16). The number of aromatic nitrogens is 2. The first-order valence-corrected chi connectivity index (χ1v) is 6.02. The Hall–Kier alpha value is -1.65. The van der Waals surface area contributed by atoms with Gasteiger partial charge in [0.1, 0.15) is 0 Å². The normalized spacial score (nSPS) is 14.8. The molecule has 92 valence electrons. The Morgan fingerprint density at radius 1 is 1.41 bits per heavy atom. The topological polar surface area (TPSA) is 66.9 Å². The van der Waals surface area contributed by atoms with Gasteiger partial charge in [-0.3, -0.25) is 4.79 Å². The first kappa shape index (κ1) is 11.8. The molecule has 1 aliphatic rings. The third kappa shape index (κ3) is 3.69. The van der Waals surface area contributed by atoms with E-state index in [1.54, 1.807) is 12.4 Å². The zero-order valence-corrected chi connectivity index (χ0v) is 10.2. The predicted molar refractivity (Wildman–Crippen MR) is 65.8 cm³/mol. The van der Waals surface area contributed by atoms with Crippen molar-refractivity contribution in [2.45, 2.75) is 32.7 Å². The van der Waals surface area contributed by atoms with Crippen molar-refractivity contribution in [2.24, 2.45) is 5.92 Å². The largest absolute Gasteiger partial charge is 0.352 e. The van der Waals surface area contributed by atoms with Crippen molar-refractivity contribution in [2.75, 3.05) is 11.9 Å². The van der Waals surface area contributed by atoms with Crippen molar-refractivity contribution >= 4 is 11.9 Å². The highest BCUT2D eigenvalue weighted by Crippen LogP contribution is 2.22. The summed E-state index contributed by atoms with van der Waals surface area (Å²) in [4.78, 5) is 19.9. The van der Waals surface area contributed by atoms with Crippen LogP contribution in [0.4, 0.5) is 5.95 Å². The number of nitrogens with one attached hydrogen (secondary N) is 2. The van der Waals surface area contributed by atoms with E-state index in [0.29, 0.717) is 30.0 Å². The zero-order valence-electron chi connectivity index (χ0n) is 10.2. The molecule has 0 radical (unpaired) electrons. The smallest absolute Gasteiger partial charge is 0.254 e. The van der Waals surface area contributed by atoms with Crippen LogP contribution >= 0.6 is 0 Å². The molecule has 0 unspecified atom stereocenters. The molecule has 1 heterocycles. The lowest BCUT2D eigenvalue weighted by molar-refractivity contribution is 0.0948. The Bertz CT molecular complexity index is 384. The number of carbonyl (C=O) groups excluding carboxylic acids is 1. The zero-order chi connectivity index (χ0) is 12.3. The summed E-state index contributed by atoms with van der Waals surface area (Å²) in [5, 5.41) is 6.01. The summed E-state index contributed by atoms with van der Waals surface area (Å²) in [6.07, 6.45) is 5.49. The summed E-state index contributed by atoms with van der Waals surface area (Å²) in [5.74, 6) is 0.931. The van der Waals surface area contributed by atoms with E-state index in [1.165, 1.54) is 12.8 Å². The van der Waals surface area contributed by atoms with Gasteiger partial charge in [-0.1, -0.05) is 13.8 Å². The fraction of sp³-hybridized carbons (Fsp3) is 0.583. The van der Waals surface area contributed by atoms with Gasteiger partial charge in [0.2, 0.25) is 5.95 Å². The van der Waals surface area contributed by atoms with Crippen LogP contribution in [0.5, 0.6) is 0 Å². The van der Waals surface area contributed by atoms with Gasteiger partial charge in [-0.05, 0) is 18.8 Å². The molecular formula is C12H18N4O. The monoisotopic (exact) mass is 234 g/mol. The molecule has 2 rings (SSSR count). The molecule has 0 atom stereocenters. The molecule has 0 spiro atoms. The van der Waals surface area contributed by atoms with Crippen LogP contribution in [0.3, 0.4) is 0 Å². The van der Waals surface area contributed by atoms with E-state index < -0.39 is 0 Å². The van der Waals surface area contributed by atoms with Gasteiger partial charge in [0.15, 0.2) is 0 Å². The highest BCUT2D eigenvalue weighted by Gasteiger charge is 2.21. The summed E-state index contributed by atoms with van der Waals surface area (Å²) in [7, 11) is 0. The van der Waals surface area contributed by atoms with E-state index >= 15 is 0 Å². The van der Waals surface area contributed by atoms with E-state index in [2.05, 4.69) is 34.4 Å². The Kier molecular flexibility index (Phi) is 3.56. The second kappa shape index (κ2) is 5.12. The van der Waals surface area contributed by atoms with E-state index in [9.17, 15) is 4.79 Å². The van der Waals surface area contributed by atoms with Crippen LogP contribution in [-0.4, -0.2) is 28.5 Å². The van der Waals surface area contributed by atoms with Crippen LogP contribution < -0.4 is 10.6 Å². The minimum Gasteiger partial charge on any atom is -0.352 e. The van der Waals surface area contributed by atoms with E-state index in [0.717, 1.165) is 0 Å². The fourth-order valence-electron chi connectivity index (χ4n) is 1.33. The Balaban J connectivity index is 1.89. The second-order valence-electron chi connectivity index (χ2n) is 4.82. The average molecular weight is 234 g/mol. The number of amides is 1. The van der Waals surface area contributed by atoms with E-state index in [4.69, 9.17) is 0 Å². The van der Waals surface area contributed by atoms with Crippen LogP contribution in [0.2, 0.25) is 0 Å². The maximum atomic E-state index is 11.7. The highest BCUT2D eigenvalue weighted by molar-refractivity contribution is 5.93. The van der Waals surface area contributed by atoms with Gasteiger partial charge in [-0.15, -0.1) is 0 Å². The maximum Gasteiger partial charge on any atom is 0.254 e. The second-order valence-corrected chi connectivity index (χ2v) is 4.82. The molecule has 1 amide bonds. The molecular weight excluding hydrogens is 216 g/mol. The first-order chi connectivity index (χ1) is 8.15. The number of carbonyl (C=O) groups is 1. The van der Waals surface area contributed by atoms with Crippen molar-refractivity contribution < 1.29 is 4.79 Å². The predicted octanol–water partition coefficient (Wildman–Crippen LogP) is 1.44. The minimum atomic E-state index is -0.114. The van der Waals surface area contributed by atoms with Crippen LogP contribution in [0.1, 0.15) is 37.0 Å². The summed E-state index contributed by atoms with van der Waals surface area (Å²) >= 11 is 0. The number of hydrogen-bond acceptors (Lipinski definition) is 4. The van der Waals surface area contributed by atoms with Crippen LogP contribution in [0.15, 0.2) is 12.4 Å². The lowest BCUT2D eigenvalue weighted by Gasteiger charge is -2.07. The lowest BCUT2D eigenvalue weighted by atomic mass is 10.2. The molecule has 0 aromatic carbocycles. The average Bonchev–Trinajstić information content (AvgIpc) is 3.11. The number of hydrogen-bond donors (Lipinski definition) is 2. The fourth-order valence-corrected chi connectivity index (χ4v) is 1.33. The molecule has 17 heavy (non-hydrogen) atoms. The molecule has 5 heteroatoms. The van der Waals surface area contributed by atoms with Crippen molar-refractivity contribution in [3.63, 3.8) is 0 Å². The van der Waals surface area contributed by atoms with Gasteiger partial charge >= 0.3 is 0 Å². The van der Waals surface area contributed by atoms with E-state index in [-0.39, 0.29) is 5.91 Å². The van der Waals surface area contributed by atoms with Crippen LogP contribution in [-0.2, 0) is 0 Å². The first-order valence-electron chi connectivity index (χ1n) is 6.02. The number of anilines is 1. The molecule has 1 aromatic heterocycles. The molecule has 5 nitrogen and oxygen atoms in total. The van der Waals surface area contributed by atoms with Gasteiger partial charge in [0, 0.05) is 25.0 Å². The van der Waals surface area contributed by atoms with Gasteiger partial charge in [-0.2, -0.15) is 0 Å². The lowest BCUT2D eigenvalue weighted by Crippen LogP contribution is -2.27. The summed E-state index contributed by atoms with van der Waals surface area (Å²) in [6, 6.07) is 0.524. The van der Waals surface area contributed by atoms with Crippen LogP contribution in [0, 0.1) is 5.92 Å². The van der Waals surface area contributed by atoms with Gasteiger partial charge < -0.3 is 10.6 Å². The Labute approximate surface area is 101 Å². The van der Waals surface area contributed by atoms with Crippen molar-refractivity contribution in [1.29, 1.82) is 0 Å². The van der Waals surface area contributed by atoms with Crippen molar-refractivity contribution in [1.82, 2.24) is 15.3 Å². The van der Waals surface area contributed by atoms with Gasteiger partial charge in [-0.25, -0.2) is 9.97 Å². The molecule has 0 aliphatic heterocycles.